The van der Waals surface area contributed by atoms with Crippen LogP contribution in [0.4, 0.5) is 0 Å². The predicted octanol–water partition coefficient (Wildman–Crippen LogP) is 2.86. The first-order valence-electron chi connectivity index (χ1n) is 6.22. The summed E-state index contributed by atoms with van der Waals surface area (Å²) in [5.74, 6) is 0. The second kappa shape index (κ2) is 4.37. The van der Waals surface area contributed by atoms with E-state index in [9.17, 15) is 9.59 Å². The Bertz CT molecular complexity index is 1100. The molecule has 104 valence electrons. The highest BCUT2D eigenvalue weighted by Crippen LogP contribution is 2.30. The third-order valence-corrected chi connectivity index (χ3v) is 5.17. The molecule has 0 atom stereocenters. The van der Waals surface area contributed by atoms with Crippen LogP contribution in [0.25, 0.3) is 31.1 Å². The molecule has 0 unspecified atom stereocenters. The number of rotatable bonds is 1. The average molecular weight is 315 g/mol. The highest BCUT2D eigenvalue weighted by molar-refractivity contribution is 7.21. The van der Waals surface area contributed by atoms with Crippen molar-refractivity contribution in [2.45, 2.75) is 6.92 Å². The summed E-state index contributed by atoms with van der Waals surface area (Å²) in [5, 5.41) is 0.639. The van der Waals surface area contributed by atoms with Gasteiger partial charge in [0.15, 0.2) is 11.1 Å². The van der Waals surface area contributed by atoms with E-state index in [2.05, 4.69) is 15.0 Å². The number of aromatic nitrogens is 3. The number of nitrogens with one attached hydrogen (secondary N) is 2. The largest absolute Gasteiger partial charge is 0.350 e. The first-order chi connectivity index (χ1) is 10.1. The number of hydrogen-bond acceptors (Lipinski definition) is 5. The van der Waals surface area contributed by atoms with E-state index in [0.717, 1.165) is 15.4 Å². The van der Waals surface area contributed by atoms with Crippen LogP contribution >= 0.6 is 22.7 Å². The maximum atomic E-state index is 12.1. The van der Waals surface area contributed by atoms with E-state index in [4.69, 9.17) is 0 Å². The van der Waals surface area contributed by atoms with Gasteiger partial charge in [0.2, 0.25) is 5.43 Å². The van der Waals surface area contributed by atoms with Crippen LogP contribution < -0.4 is 10.9 Å². The normalized spacial score (nSPS) is 11.5. The Balaban J connectivity index is 2.02. The quantitative estimate of drug-likeness (QED) is 0.567. The Morgan fingerprint density at radius 2 is 1.95 bits per heavy atom. The highest BCUT2D eigenvalue weighted by atomic mass is 32.1. The fourth-order valence-corrected chi connectivity index (χ4v) is 4.04. The van der Waals surface area contributed by atoms with Crippen molar-refractivity contribution < 1.29 is 0 Å². The molecule has 2 N–H and O–H groups in total. The predicted molar refractivity (Wildman–Crippen MR) is 86.4 cm³/mol. The number of hydrogen-bond donors (Lipinski definition) is 2. The van der Waals surface area contributed by atoms with Gasteiger partial charge in [-0.05, 0) is 13.0 Å². The molecule has 4 heterocycles. The van der Waals surface area contributed by atoms with Gasteiger partial charge < -0.3 is 9.97 Å². The zero-order valence-corrected chi connectivity index (χ0v) is 12.5. The van der Waals surface area contributed by atoms with Crippen LogP contribution in [-0.4, -0.2) is 15.0 Å². The van der Waals surface area contributed by atoms with Gasteiger partial charge in [0.25, 0.3) is 0 Å². The molecule has 0 amide bonds. The van der Waals surface area contributed by atoms with Gasteiger partial charge in [0.05, 0.1) is 21.5 Å². The Morgan fingerprint density at radius 3 is 2.81 bits per heavy atom. The van der Waals surface area contributed by atoms with Gasteiger partial charge in [-0.1, -0.05) is 0 Å². The molecule has 0 saturated heterocycles. The van der Waals surface area contributed by atoms with Crippen molar-refractivity contribution >= 4 is 43.2 Å². The summed E-state index contributed by atoms with van der Waals surface area (Å²) < 4.78 is 0.617. The van der Waals surface area contributed by atoms with Crippen LogP contribution in [0.5, 0.6) is 0 Å². The summed E-state index contributed by atoms with van der Waals surface area (Å²) in [5.41, 5.74) is 3.67. The zero-order valence-electron chi connectivity index (χ0n) is 10.9. The van der Waals surface area contributed by atoms with Gasteiger partial charge in [-0.25, -0.2) is 4.98 Å². The molecule has 0 bridgehead atoms. The van der Waals surface area contributed by atoms with E-state index in [1.165, 1.54) is 22.7 Å². The summed E-state index contributed by atoms with van der Waals surface area (Å²) >= 11 is 2.77. The smallest absolute Gasteiger partial charge is 0.201 e. The first kappa shape index (κ1) is 12.5. The number of pyridine rings is 2. The maximum Gasteiger partial charge on any atom is 0.201 e. The van der Waals surface area contributed by atoms with E-state index in [1.807, 2.05) is 13.0 Å². The third-order valence-electron chi connectivity index (χ3n) is 3.24. The molecular weight excluding hydrogens is 306 g/mol. The molecule has 0 aromatic carbocycles. The maximum absolute atomic E-state index is 12.1. The number of H-pyrrole nitrogens is 2. The lowest BCUT2D eigenvalue weighted by Gasteiger charge is -1.96. The number of thiophene rings is 1. The zero-order chi connectivity index (χ0) is 14.6. The molecule has 0 spiro atoms. The molecule has 0 radical (unpaired) electrons. The minimum absolute atomic E-state index is 0.0131. The van der Waals surface area contributed by atoms with Crippen molar-refractivity contribution in [2.24, 2.45) is 0 Å². The lowest BCUT2D eigenvalue weighted by Crippen LogP contribution is -2.00. The van der Waals surface area contributed by atoms with Crippen LogP contribution in [0.1, 0.15) is 5.69 Å². The van der Waals surface area contributed by atoms with Gasteiger partial charge in [-0.15, -0.1) is 22.7 Å². The van der Waals surface area contributed by atoms with E-state index in [-0.39, 0.29) is 10.9 Å². The van der Waals surface area contributed by atoms with Crippen molar-refractivity contribution in [3.8, 4) is 10.6 Å². The number of nitrogens with zero attached hydrogens (tertiary/aromatic N) is 1. The summed E-state index contributed by atoms with van der Waals surface area (Å²) in [6.45, 7) is 1.85. The standard InChI is InChI=1S/C14H9N3O2S2/c1-6-2-9(18)7-3-11(21-14(7)16-6)8-4-10(19)12-13(17-8)15-5-20-12/h2-5H,1H3,(H,16,18)(H,17,19). The molecule has 21 heavy (non-hydrogen) atoms. The van der Waals surface area contributed by atoms with Crippen LogP contribution in [0.15, 0.2) is 33.3 Å². The molecule has 5 nitrogen and oxygen atoms in total. The van der Waals surface area contributed by atoms with Crippen LogP contribution in [0.2, 0.25) is 0 Å². The summed E-state index contributed by atoms with van der Waals surface area (Å²) in [6.07, 6.45) is 0. The van der Waals surface area contributed by atoms with E-state index < -0.39 is 0 Å². The Kier molecular flexibility index (Phi) is 2.60. The average Bonchev–Trinajstić information content (AvgIpc) is 3.04. The minimum atomic E-state index is -0.0544. The van der Waals surface area contributed by atoms with Crippen molar-refractivity contribution in [1.82, 2.24) is 15.0 Å². The highest BCUT2D eigenvalue weighted by Gasteiger charge is 2.11. The van der Waals surface area contributed by atoms with Crippen molar-refractivity contribution in [2.75, 3.05) is 0 Å². The van der Waals surface area contributed by atoms with Crippen LogP contribution in [0.3, 0.4) is 0 Å². The molecule has 4 aromatic heterocycles. The van der Waals surface area contributed by atoms with E-state index in [1.54, 1.807) is 17.6 Å². The molecule has 0 saturated carbocycles. The molecule has 4 rings (SSSR count). The molecular formula is C14H9N3O2S2. The van der Waals surface area contributed by atoms with Crippen molar-refractivity contribution in [3.05, 3.63) is 49.9 Å². The third kappa shape index (κ3) is 1.93. The molecule has 0 aliphatic heterocycles. The molecule has 4 aromatic rings. The fraction of sp³-hybridized carbons (Fsp3) is 0.0714. The summed E-state index contributed by atoms with van der Waals surface area (Å²) in [7, 11) is 0. The lowest BCUT2D eigenvalue weighted by atomic mass is 10.2. The first-order valence-corrected chi connectivity index (χ1v) is 7.92. The molecule has 0 aliphatic carbocycles. The summed E-state index contributed by atoms with van der Waals surface area (Å²) in [4.78, 5) is 36.2. The van der Waals surface area contributed by atoms with Crippen molar-refractivity contribution in [3.63, 3.8) is 0 Å². The van der Waals surface area contributed by atoms with E-state index >= 15 is 0 Å². The summed E-state index contributed by atoms with van der Waals surface area (Å²) in [6, 6.07) is 4.94. The SMILES string of the molecule is Cc1cc(=O)c2cc(-c3cc(=O)c4scnc4[nH]3)sc2[nH]1. The minimum Gasteiger partial charge on any atom is -0.350 e. The van der Waals surface area contributed by atoms with Crippen LogP contribution in [-0.2, 0) is 0 Å². The number of aromatic amines is 2. The van der Waals surface area contributed by atoms with E-state index in [0.29, 0.717) is 21.4 Å². The topological polar surface area (TPSA) is 78.6 Å². The number of fused-ring (bicyclic) bond motifs is 2. The number of thiazole rings is 1. The Morgan fingerprint density at radius 1 is 1.10 bits per heavy atom. The Labute approximate surface area is 125 Å². The Hall–Kier alpha value is -2.25. The lowest BCUT2D eigenvalue weighted by molar-refractivity contribution is 1.26. The van der Waals surface area contributed by atoms with Gasteiger partial charge in [0.1, 0.15) is 9.53 Å². The fourth-order valence-electron chi connectivity index (χ4n) is 2.29. The molecule has 0 aliphatic rings. The molecule has 0 fully saturated rings. The van der Waals surface area contributed by atoms with Crippen molar-refractivity contribution in [1.29, 1.82) is 0 Å². The second-order valence-corrected chi connectivity index (χ2v) is 6.65. The monoisotopic (exact) mass is 315 g/mol. The molecule has 7 heteroatoms. The van der Waals surface area contributed by atoms with Gasteiger partial charge in [0, 0.05) is 17.8 Å². The van der Waals surface area contributed by atoms with Crippen LogP contribution in [0, 0.1) is 6.92 Å². The second-order valence-electron chi connectivity index (χ2n) is 4.75. The van der Waals surface area contributed by atoms with Gasteiger partial charge in [-0.3, -0.25) is 9.59 Å². The van der Waals surface area contributed by atoms with Gasteiger partial charge in [-0.2, -0.15) is 0 Å². The number of aryl methyl sites for hydroxylation is 1. The van der Waals surface area contributed by atoms with Gasteiger partial charge >= 0.3 is 0 Å².